The number of aromatic nitrogens is 2. The molecule has 1 N–H and O–H groups in total. The van der Waals surface area contributed by atoms with Crippen LogP contribution in [0.25, 0.3) is 0 Å². The van der Waals surface area contributed by atoms with Crippen LogP contribution in [0, 0.1) is 17.1 Å². The van der Waals surface area contributed by atoms with E-state index in [1.807, 2.05) is 16.9 Å². The zero-order valence-electron chi connectivity index (χ0n) is 13.8. The van der Waals surface area contributed by atoms with E-state index in [0.29, 0.717) is 23.0 Å². The lowest BCUT2D eigenvalue weighted by atomic mass is 10.1. The van der Waals surface area contributed by atoms with Crippen molar-refractivity contribution in [2.24, 2.45) is 0 Å². The number of ether oxygens (including phenoxy) is 1. The number of nitrogens with one attached hydrogen (secondary N) is 1. The zero-order valence-corrected chi connectivity index (χ0v) is 13.8. The van der Waals surface area contributed by atoms with E-state index in [-0.39, 0.29) is 6.61 Å². The maximum Gasteiger partial charge on any atom is 0.236 e. The highest BCUT2D eigenvalue weighted by atomic mass is 19.1. The number of halogens is 1. The van der Waals surface area contributed by atoms with Gasteiger partial charge in [0.2, 0.25) is 5.88 Å². The Bertz CT molecular complexity index is 744. The molecular formula is C18H21FN4O. The van der Waals surface area contributed by atoms with Gasteiger partial charge in [-0.15, -0.1) is 5.10 Å². The summed E-state index contributed by atoms with van der Waals surface area (Å²) in [4.78, 5) is 0. The Morgan fingerprint density at radius 2 is 2.17 bits per heavy atom. The molecule has 0 aliphatic carbocycles. The largest absolute Gasteiger partial charge is 0.471 e. The summed E-state index contributed by atoms with van der Waals surface area (Å²) in [5.74, 6) is 0.143. The van der Waals surface area contributed by atoms with Crippen molar-refractivity contribution in [3.63, 3.8) is 0 Å². The fourth-order valence-electron chi connectivity index (χ4n) is 2.92. The summed E-state index contributed by atoms with van der Waals surface area (Å²) in [7, 11) is 0. The summed E-state index contributed by atoms with van der Waals surface area (Å²) in [6.07, 6.45) is 4.96. The van der Waals surface area contributed by atoms with Gasteiger partial charge >= 0.3 is 0 Å². The lowest BCUT2D eigenvalue weighted by Crippen LogP contribution is -2.29. The van der Waals surface area contributed by atoms with Crippen molar-refractivity contribution in [3.05, 3.63) is 46.9 Å². The molecule has 0 radical (unpaired) electrons. The van der Waals surface area contributed by atoms with Crippen LogP contribution in [0.5, 0.6) is 5.88 Å². The second-order valence-corrected chi connectivity index (χ2v) is 5.98. The minimum absolute atomic E-state index is 0.105. The van der Waals surface area contributed by atoms with Gasteiger partial charge in [-0.1, -0.05) is 13.0 Å². The first-order valence-electron chi connectivity index (χ1n) is 8.31. The van der Waals surface area contributed by atoms with E-state index in [0.717, 1.165) is 37.9 Å². The molecule has 0 unspecified atom stereocenters. The van der Waals surface area contributed by atoms with E-state index >= 15 is 0 Å². The maximum absolute atomic E-state index is 14.0. The van der Waals surface area contributed by atoms with Crippen LogP contribution in [-0.4, -0.2) is 22.9 Å². The molecule has 1 fully saturated rings. The molecule has 1 aliphatic heterocycles. The molecule has 24 heavy (non-hydrogen) atoms. The molecule has 126 valence electrons. The van der Waals surface area contributed by atoms with Crippen LogP contribution >= 0.6 is 0 Å². The molecule has 6 heteroatoms. The Hall–Kier alpha value is -2.39. The van der Waals surface area contributed by atoms with Crippen LogP contribution in [0.2, 0.25) is 0 Å². The quantitative estimate of drug-likeness (QED) is 0.916. The lowest BCUT2D eigenvalue weighted by molar-refractivity contribution is 0.272. The van der Waals surface area contributed by atoms with E-state index in [4.69, 9.17) is 10.00 Å². The number of aryl methyl sites for hydroxylation is 1. The molecule has 1 saturated heterocycles. The highest BCUT2D eigenvalue weighted by Crippen LogP contribution is 2.25. The molecule has 0 bridgehead atoms. The van der Waals surface area contributed by atoms with Gasteiger partial charge in [-0.25, -0.2) is 4.39 Å². The number of nitriles is 1. The third kappa shape index (κ3) is 3.57. The Morgan fingerprint density at radius 3 is 2.83 bits per heavy atom. The van der Waals surface area contributed by atoms with Crippen LogP contribution in [0.3, 0.4) is 0 Å². The van der Waals surface area contributed by atoms with Crippen LogP contribution in [0.1, 0.15) is 42.5 Å². The standard InChI is InChI=1S/C18H21FN4O/c1-2-14-11-23(16-5-7-21-8-6-16)22-18(14)24-12-15-4-3-13(10-20)9-17(15)19/h3-4,9,11,16,21H,2,5-8,12H2,1H3. The fourth-order valence-corrected chi connectivity index (χ4v) is 2.92. The number of nitrogens with zero attached hydrogens (tertiary/aromatic N) is 3. The molecular weight excluding hydrogens is 307 g/mol. The topological polar surface area (TPSA) is 62.9 Å². The van der Waals surface area contributed by atoms with Gasteiger partial charge < -0.3 is 10.1 Å². The van der Waals surface area contributed by atoms with Gasteiger partial charge in [-0.05, 0) is 44.5 Å². The smallest absolute Gasteiger partial charge is 0.236 e. The first kappa shape index (κ1) is 16.5. The lowest BCUT2D eigenvalue weighted by Gasteiger charge is -2.22. The third-order valence-electron chi connectivity index (χ3n) is 4.38. The molecule has 5 nitrogen and oxygen atoms in total. The second kappa shape index (κ2) is 7.45. The molecule has 1 aromatic carbocycles. The average Bonchev–Trinajstić information content (AvgIpc) is 3.04. The first-order valence-corrected chi connectivity index (χ1v) is 8.31. The predicted molar refractivity (Wildman–Crippen MR) is 88.2 cm³/mol. The minimum atomic E-state index is -0.426. The molecule has 2 aromatic rings. The summed E-state index contributed by atoms with van der Waals surface area (Å²) in [5, 5.41) is 16.7. The number of piperidine rings is 1. The molecule has 1 aliphatic rings. The van der Waals surface area contributed by atoms with Gasteiger partial charge in [0, 0.05) is 17.3 Å². The molecule has 0 atom stereocenters. The van der Waals surface area contributed by atoms with Crippen molar-refractivity contribution in [1.82, 2.24) is 15.1 Å². The van der Waals surface area contributed by atoms with E-state index < -0.39 is 5.82 Å². The predicted octanol–water partition coefficient (Wildman–Crippen LogP) is 2.96. The number of hydrogen-bond donors (Lipinski definition) is 1. The SMILES string of the molecule is CCc1cn(C2CCNCC2)nc1OCc1ccc(C#N)cc1F. The van der Waals surface area contributed by atoms with Gasteiger partial charge in [-0.2, -0.15) is 5.26 Å². The third-order valence-corrected chi connectivity index (χ3v) is 4.38. The summed E-state index contributed by atoms with van der Waals surface area (Å²) in [5.41, 5.74) is 1.76. The summed E-state index contributed by atoms with van der Waals surface area (Å²) < 4.78 is 21.7. The van der Waals surface area contributed by atoms with Crippen LogP contribution in [0.4, 0.5) is 4.39 Å². The summed E-state index contributed by atoms with van der Waals surface area (Å²) in [6, 6.07) is 6.72. The van der Waals surface area contributed by atoms with Crippen molar-refractivity contribution in [2.75, 3.05) is 13.1 Å². The number of rotatable bonds is 5. The average molecular weight is 328 g/mol. The molecule has 0 amide bonds. The number of benzene rings is 1. The minimum Gasteiger partial charge on any atom is -0.471 e. The Kier molecular flexibility index (Phi) is 5.11. The summed E-state index contributed by atoms with van der Waals surface area (Å²) >= 11 is 0. The molecule has 3 rings (SSSR count). The van der Waals surface area contributed by atoms with Crippen molar-refractivity contribution in [1.29, 1.82) is 5.26 Å². The Morgan fingerprint density at radius 1 is 1.38 bits per heavy atom. The Labute approximate surface area is 141 Å². The van der Waals surface area contributed by atoms with E-state index in [1.165, 1.54) is 6.07 Å². The molecule has 0 spiro atoms. The van der Waals surface area contributed by atoms with Crippen molar-refractivity contribution in [3.8, 4) is 11.9 Å². The van der Waals surface area contributed by atoms with Crippen LogP contribution in [-0.2, 0) is 13.0 Å². The van der Waals surface area contributed by atoms with Gasteiger partial charge in [0.15, 0.2) is 0 Å². The highest BCUT2D eigenvalue weighted by molar-refractivity contribution is 5.33. The van der Waals surface area contributed by atoms with Gasteiger partial charge in [0.1, 0.15) is 12.4 Å². The van der Waals surface area contributed by atoms with Gasteiger partial charge in [0.05, 0.1) is 17.7 Å². The van der Waals surface area contributed by atoms with E-state index in [1.54, 1.807) is 12.1 Å². The Balaban J connectivity index is 1.72. The van der Waals surface area contributed by atoms with Crippen LogP contribution in [0.15, 0.2) is 24.4 Å². The van der Waals surface area contributed by atoms with Crippen molar-refractivity contribution < 1.29 is 9.13 Å². The normalized spacial score (nSPS) is 15.2. The molecule has 2 heterocycles. The van der Waals surface area contributed by atoms with Gasteiger partial charge in [-0.3, -0.25) is 4.68 Å². The van der Waals surface area contributed by atoms with E-state index in [9.17, 15) is 4.39 Å². The summed E-state index contributed by atoms with van der Waals surface area (Å²) in [6.45, 7) is 4.16. The monoisotopic (exact) mass is 328 g/mol. The zero-order chi connectivity index (χ0) is 16.9. The maximum atomic E-state index is 14.0. The first-order chi connectivity index (χ1) is 11.7. The van der Waals surface area contributed by atoms with E-state index in [2.05, 4.69) is 17.3 Å². The molecule has 0 saturated carbocycles. The van der Waals surface area contributed by atoms with Gasteiger partial charge in [0.25, 0.3) is 0 Å². The number of hydrogen-bond acceptors (Lipinski definition) is 4. The van der Waals surface area contributed by atoms with Crippen molar-refractivity contribution >= 4 is 0 Å². The highest BCUT2D eigenvalue weighted by Gasteiger charge is 2.19. The molecule has 1 aromatic heterocycles. The fraction of sp³-hybridized carbons (Fsp3) is 0.444. The second-order valence-electron chi connectivity index (χ2n) is 5.98. The van der Waals surface area contributed by atoms with Crippen molar-refractivity contribution in [2.45, 2.75) is 38.8 Å². The van der Waals surface area contributed by atoms with Crippen LogP contribution < -0.4 is 10.1 Å².